The first kappa shape index (κ1) is 19.2. The molecule has 1 amide bonds. The van der Waals surface area contributed by atoms with Crippen molar-refractivity contribution in [2.24, 2.45) is 0 Å². The van der Waals surface area contributed by atoms with Gasteiger partial charge in [-0.25, -0.2) is 0 Å². The molecule has 1 saturated heterocycles. The summed E-state index contributed by atoms with van der Waals surface area (Å²) in [5, 5.41) is 13.0. The number of nitrogens with zero attached hydrogens (tertiary/aromatic N) is 1. The highest BCUT2D eigenvalue weighted by atomic mass is 35.5. The van der Waals surface area contributed by atoms with Gasteiger partial charge in [-0.15, -0.1) is 0 Å². The van der Waals surface area contributed by atoms with E-state index in [-0.39, 0.29) is 5.91 Å². The summed E-state index contributed by atoms with van der Waals surface area (Å²) < 4.78 is 10.9. The Morgan fingerprint density at radius 1 is 1.30 bits per heavy atom. The Morgan fingerprint density at radius 3 is 2.70 bits per heavy atom. The lowest BCUT2D eigenvalue weighted by atomic mass is 9.73. The van der Waals surface area contributed by atoms with Crippen LogP contribution in [0.5, 0.6) is 5.75 Å². The Labute approximate surface area is 163 Å². The van der Waals surface area contributed by atoms with Crippen LogP contribution in [-0.2, 0) is 14.9 Å². The molecular weight excluding hydrogens is 364 g/mol. The first-order valence-corrected chi connectivity index (χ1v) is 9.29. The Balaban J connectivity index is 1.95. The summed E-state index contributed by atoms with van der Waals surface area (Å²) >= 11 is 6.42. The molecular formula is C21H21ClN2O3. The van der Waals surface area contributed by atoms with Gasteiger partial charge in [-0.3, -0.25) is 4.79 Å². The molecule has 0 aliphatic carbocycles. The predicted octanol–water partition coefficient (Wildman–Crippen LogP) is 4.30. The number of carbonyl (C=O) groups is 1. The molecule has 3 rings (SSSR count). The first-order valence-electron chi connectivity index (χ1n) is 8.92. The number of carbonyl (C=O) groups excluding carboxylic acids is 1. The lowest BCUT2D eigenvalue weighted by molar-refractivity contribution is -0.125. The number of halogens is 1. The summed E-state index contributed by atoms with van der Waals surface area (Å²) in [5.74, 6) is 0.415. The minimum atomic E-state index is -0.790. The molecule has 0 unspecified atom stereocenters. The SMILES string of the molecule is CCOc1ccc(NC(=O)C2(c3ccccc3Cl)CCOCC2)c(C#N)c1. The van der Waals surface area contributed by atoms with Crippen molar-refractivity contribution in [2.75, 3.05) is 25.1 Å². The number of benzene rings is 2. The quantitative estimate of drug-likeness (QED) is 0.834. The molecule has 6 heteroatoms. The topological polar surface area (TPSA) is 71.3 Å². The summed E-state index contributed by atoms with van der Waals surface area (Å²) in [5.41, 5.74) is 0.818. The Bertz CT molecular complexity index is 870. The largest absolute Gasteiger partial charge is 0.494 e. The van der Waals surface area contributed by atoms with E-state index in [2.05, 4.69) is 11.4 Å². The zero-order chi connectivity index (χ0) is 19.3. The standard InChI is InChI=1S/C21H21ClN2O3/c1-2-27-16-7-8-19(15(13-16)14-23)24-20(25)21(9-11-26-12-10-21)17-5-3-4-6-18(17)22/h3-8,13H,2,9-12H2,1H3,(H,24,25). The monoisotopic (exact) mass is 384 g/mol. The zero-order valence-corrected chi connectivity index (χ0v) is 15.9. The Morgan fingerprint density at radius 2 is 2.04 bits per heavy atom. The maximum atomic E-state index is 13.4. The van der Waals surface area contributed by atoms with Gasteiger partial charge in [-0.05, 0) is 49.6 Å². The van der Waals surface area contributed by atoms with Gasteiger partial charge in [0.1, 0.15) is 11.8 Å². The van der Waals surface area contributed by atoms with Crippen LogP contribution in [0.1, 0.15) is 30.9 Å². The van der Waals surface area contributed by atoms with E-state index >= 15 is 0 Å². The van der Waals surface area contributed by atoms with Crippen LogP contribution in [0.4, 0.5) is 5.69 Å². The fraction of sp³-hybridized carbons (Fsp3) is 0.333. The zero-order valence-electron chi connectivity index (χ0n) is 15.1. The molecule has 0 atom stereocenters. The van der Waals surface area contributed by atoms with Crippen LogP contribution in [0.2, 0.25) is 5.02 Å². The van der Waals surface area contributed by atoms with Gasteiger partial charge in [-0.1, -0.05) is 29.8 Å². The number of hydrogen-bond acceptors (Lipinski definition) is 4. The normalized spacial score (nSPS) is 15.6. The Hall–Kier alpha value is -2.55. The molecule has 1 heterocycles. The summed E-state index contributed by atoms with van der Waals surface area (Å²) in [6.45, 7) is 3.34. The average molecular weight is 385 g/mol. The van der Waals surface area contributed by atoms with Crippen LogP contribution in [0.15, 0.2) is 42.5 Å². The lowest BCUT2D eigenvalue weighted by Gasteiger charge is -2.36. The van der Waals surface area contributed by atoms with Crippen molar-refractivity contribution in [1.82, 2.24) is 0 Å². The summed E-state index contributed by atoms with van der Waals surface area (Å²) in [6, 6.07) is 14.6. The second-order valence-corrected chi connectivity index (χ2v) is 6.79. The van der Waals surface area contributed by atoms with E-state index in [0.29, 0.717) is 54.7 Å². The lowest BCUT2D eigenvalue weighted by Crippen LogP contribution is -2.45. The minimum Gasteiger partial charge on any atom is -0.494 e. The molecule has 0 bridgehead atoms. The molecule has 140 valence electrons. The minimum absolute atomic E-state index is 0.181. The molecule has 27 heavy (non-hydrogen) atoms. The Kier molecular flexibility index (Phi) is 6.00. The number of nitriles is 1. The molecule has 1 fully saturated rings. The molecule has 2 aromatic rings. The summed E-state index contributed by atoms with van der Waals surface area (Å²) in [4.78, 5) is 13.4. The van der Waals surface area contributed by atoms with E-state index in [1.807, 2.05) is 25.1 Å². The smallest absolute Gasteiger partial charge is 0.235 e. The van der Waals surface area contributed by atoms with Crippen molar-refractivity contribution < 1.29 is 14.3 Å². The number of amides is 1. The molecule has 0 saturated carbocycles. The number of ether oxygens (including phenoxy) is 2. The van der Waals surface area contributed by atoms with Crippen molar-refractivity contribution in [1.29, 1.82) is 5.26 Å². The highest BCUT2D eigenvalue weighted by Crippen LogP contribution is 2.40. The first-order chi connectivity index (χ1) is 13.1. The van der Waals surface area contributed by atoms with Crippen molar-refractivity contribution in [3.05, 3.63) is 58.6 Å². The van der Waals surface area contributed by atoms with Gasteiger partial charge in [0, 0.05) is 18.2 Å². The molecule has 1 N–H and O–H groups in total. The molecule has 1 aliphatic heterocycles. The third-order valence-electron chi connectivity index (χ3n) is 4.84. The van der Waals surface area contributed by atoms with E-state index in [1.54, 1.807) is 24.3 Å². The van der Waals surface area contributed by atoms with Gasteiger partial charge >= 0.3 is 0 Å². The molecule has 1 aliphatic rings. The molecule has 0 aromatic heterocycles. The van der Waals surface area contributed by atoms with Gasteiger partial charge in [0.15, 0.2) is 0 Å². The predicted molar refractivity (Wildman–Crippen MR) is 104 cm³/mol. The molecule has 0 spiro atoms. The van der Waals surface area contributed by atoms with E-state index in [9.17, 15) is 10.1 Å². The molecule has 2 aromatic carbocycles. The van der Waals surface area contributed by atoms with Gasteiger partial charge in [-0.2, -0.15) is 5.26 Å². The summed E-state index contributed by atoms with van der Waals surface area (Å²) in [6.07, 6.45) is 1.06. The maximum Gasteiger partial charge on any atom is 0.235 e. The van der Waals surface area contributed by atoms with Crippen molar-refractivity contribution in [2.45, 2.75) is 25.2 Å². The number of anilines is 1. The van der Waals surface area contributed by atoms with Crippen molar-refractivity contribution in [3.63, 3.8) is 0 Å². The summed E-state index contributed by atoms with van der Waals surface area (Å²) in [7, 11) is 0. The van der Waals surface area contributed by atoms with E-state index < -0.39 is 5.41 Å². The maximum absolute atomic E-state index is 13.4. The van der Waals surface area contributed by atoms with Crippen LogP contribution in [0, 0.1) is 11.3 Å². The van der Waals surface area contributed by atoms with Gasteiger partial charge in [0.25, 0.3) is 0 Å². The van der Waals surface area contributed by atoms with Gasteiger partial charge in [0.2, 0.25) is 5.91 Å². The highest BCUT2D eigenvalue weighted by molar-refractivity contribution is 6.31. The third-order valence-corrected chi connectivity index (χ3v) is 5.17. The van der Waals surface area contributed by atoms with Crippen molar-refractivity contribution in [3.8, 4) is 11.8 Å². The van der Waals surface area contributed by atoms with Crippen molar-refractivity contribution >= 4 is 23.2 Å². The van der Waals surface area contributed by atoms with Gasteiger partial charge < -0.3 is 14.8 Å². The number of nitrogens with one attached hydrogen (secondary N) is 1. The van der Waals surface area contributed by atoms with Crippen LogP contribution in [0.25, 0.3) is 0 Å². The second-order valence-electron chi connectivity index (χ2n) is 6.38. The van der Waals surface area contributed by atoms with Crippen LogP contribution in [-0.4, -0.2) is 25.7 Å². The second kappa shape index (κ2) is 8.43. The van der Waals surface area contributed by atoms with E-state index in [0.717, 1.165) is 5.56 Å². The number of rotatable bonds is 5. The number of hydrogen-bond donors (Lipinski definition) is 1. The van der Waals surface area contributed by atoms with Crippen LogP contribution >= 0.6 is 11.6 Å². The molecule has 5 nitrogen and oxygen atoms in total. The third kappa shape index (κ3) is 3.92. The molecule has 0 radical (unpaired) electrons. The van der Waals surface area contributed by atoms with Crippen LogP contribution in [0.3, 0.4) is 0 Å². The van der Waals surface area contributed by atoms with Crippen LogP contribution < -0.4 is 10.1 Å². The fourth-order valence-electron chi connectivity index (χ4n) is 3.41. The van der Waals surface area contributed by atoms with Gasteiger partial charge in [0.05, 0.1) is 23.3 Å². The van der Waals surface area contributed by atoms with E-state index in [1.165, 1.54) is 0 Å². The van der Waals surface area contributed by atoms with E-state index in [4.69, 9.17) is 21.1 Å². The highest BCUT2D eigenvalue weighted by Gasteiger charge is 2.43. The fourth-order valence-corrected chi connectivity index (χ4v) is 3.73. The average Bonchev–Trinajstić information content (AvgIpc) is 2.70.